The van der Waals surface area contributed by atoms with Crippen molar-refractivity contribution >= 4 is 0 Å². The number of hydrogen-bond donors (Lipinski definition) is 2. The first-order valence-electron chi connectivity index (χ1n) is 5.64. The fourth-order valence-electron chi connectivity index (χ4n) is 1.85. The molecule has 0 fully saturated rings. The Labute approximate surface area is 91.9 Å². The lowest BCUT2D eigenvalue weighted by molar-refractivity contribution is 0.232. The van der Waals surface area contributed by atoms with Gasteiger partial charge in [-0.2, -0.15) is 0 Å². The summed E-state index contributed by atoms with van der Waals surface area (Å²) in [6.45, 7) is 10.7. The van der Waals surface area contributed by atoms with E-state index in [1.807, 2.05) is 6.92 Å². The van der Waals surface area contributed by atoms with Crippen molar-refractivity contribution in [2.24, 2.45) is 5.92 Å². The highest BCUT2D eigenvalue weighted by Crippen LogP contribution is 2.25. The molecule has 3 heteroatoms. The molecule has 1 heterocycles. The highest BCUT2D eigenvalue weighted by atomic mass is 16.3. The van der Waals surface area contributed by atoms with Crippen LogP contribution in [0.4, 0.5) is 0 Å². The Kier molecular flexibility index (Phi) is 3.91. The summed E-state index contributed by atoms with van der Waals surface area (Å²) in [4.78, 5) is 7.87. The molecule has 0 saturated heterocycles. The predicted molar refractivity (Wildman–Crippen MR) is 62.1 cm³/mol. The number of aromatic amines is 1. The normalized spacial score (nSPS) is 13.9. The Hall–Kier alpha value is -0.830. The fourth-order valence-corrected chi connectivity index (χ4v) is 1.85. The van der Waals surface area contributed by atoms with E-state index in [-0.39, 0.29) is 12.5 Å². The lowest BCUT2D eigenvalue weighted by Gasteiger charge is -2.15. The third-order valence-corrected chi connectivity index (χ3v) is 2.84. The number of aliphatic hydroxyl groups is 1. The largest absolute Gasteiger partial charge is 0.396 e. The lowest BCUT2D eigenvalue weighted by Crippen LogP contribution is -2.13. The van der Waals surface area contributed by atoms with Crippen LogP contribution in [0.3, 0.4) is 0 Å². The van der Waals surface area contributed by atoms with Crippen LogP contribution in [0, 0.1) is 12.8 Å². The zero-order valence-corrected chi connectivity index (χ0v) is 10.3. The summed E-state index contributed by atoms with van der Waals surface area (Å²) < 4.78 is 0. The fraction of sp³-hybridized carbons (Fsp3) is 0.750. The number of aromatic nitrogens is 2. The van der Waals surface area contributed by atoms with E-state index in [0.717, 1.165) is 17.2 Å². The Morgan fingerprint density at radius 1 is 1.27 bits per heavy atom. The second kappa shape index (κ2) is 4.79. The molecule has 0 amide bonds. The first kappa shape index (κ1) is 12.2. The number of rotatable bonds is 4. The number of hydrogen-bond acceptors (Lipinski definition) is 2. The molecule has 1 aromatic rings. The molecule has 0 bridgehead atoms. The zero-order valence-electron chi connectivity index (χ0n) is 10.3. The quantitative estimate of drug-likeness (QED) is 0.802. The molecule has 1 rings (SSSR count). The van der Waals surface area contributed by atoms with Crippen molar-refractivity contribution in [1.29, 1.82) is 0 Å². The van der Waals surface area contributed by atoms with Gasteiger partial charge < -0.3 is 10.1 Å². The van der Waals surface area contributed by atoms with Gasteiger partial charge >= 0.3 is 0 Å². The summed E-state index contributed by atoms with van der Waals surface area (Å²) in [7, 11) is 0. The molecular formula is C12H22N2O. The van der Waals surface area contributed by atoms with Gasteiger partial charge in [-0.05, 0) is 18.8 Å². The monoisotopic (exact) mass is 210 g/mol. The Morgan fingerprint density at radius 2 is 1.87 bits per heavy atom. The van der Waals surface area contributed by atoms with Gasteiger partial charge in [0.1, 0.15) is 5.82 Å². The van der Waals surface area contributed by atoms with Gasteiger partial charge in [0.15, 0.2) is 0 Å². The van der Waals surface area contributed by atoms with Crippen molar-refractivity contribution in [2.75, 3.05) is 6.61 Å². The van der Waals surface area contributed by atoms with Gasteiger partial charge in [0.2, 0.25) is 0 Å². The molecule has 1 atom stereocenters. The second-order valence-corrected chi connectivity index (χ2v) is 4.82. The molecule has 3 nitrogen and oxygen atoms in total. The zero-order chi connectivity index (χ0) is 11.6. The van der Waals surface area contributed by atoms with Gasteiger partial charge in [-0.15, -0.1) is 0 Å². The second-order valence-electron chi connectivity index (χ2n) is 4.82. The minimum absolute atomic E-state index is 0.121. The Morgan fingerprint density at radius 3 is 2.20 bits per heavy atom. The highest BCUT2D eigenvalue weighted by Gasteiger charge is 2.20. The maximum atomic E-state index is 9.33. The molecule has 0 aliphatic carbocycles. The van der Waals surface area contributed by atoms with Crippen LogP contribution in [-0.4, -0.2) is 21.7 Å². The number of nitrogens with zero attached hydrogens (tertiary/aromatic N) is 1. The molecule has 1 unspecified atom stereocenters. The SMILES string of the molecule is Cc1[nH]c(C(CO)C(C)C)nc1C(C)C. The van der Waals surface area contributed by atoms with Crippen LogP contribution in [0.1, 0.15) is 56.7 Å². The van der Waals surface area contributed by atoms with E-state index in [1.165, 1.54) is 0 Å². The van der Waals surface area contributed by atoms with Crippen LogP contribution in [0.25, 0.3) is 0 Å². The number of imidazole rings is 1. The maximum absolute atomic E-state index is 9.33. The third kappa shape index (κ3) is 2.59. The number of H-pyrrole nitrogens is 1. The summed E-state index contributed by atoms with van der Waals surface area (Å²) in [6.07, 6.45) is 0. The van der Waals surface area contributed by atoms with E-state index >= 15 is 0 Å². The van der Waals surface area contributed by atoms with Gasteiger partial charge in [-0.3, -0.25) is 0 Å². The van der Waals surface area contributed by atoms with E-state index in [0.29, 0.717) is 11.8 Å². The average molecular weight is 210 g/mol. The van der Waals surface area contributed by atoms with Crippen molar-refractivity contribution < 1.29 is 5.11 Å². The molecule has 15 heavy (non-hydrogen) atoms. The van der Waals surface area contributed by atoms with Crippen LogP contribution in [-0.2, 0) is 0 Å². The first-order valence-corrected chi connectivity index (χ1v) is 5.64. The Balaban J connectivity index is 3.00. The third-order valence-electron chi connectivity index (χ3n) is 2.84. The molecule has 86 valence electrons. The van der Waals surface area contributed by atoms with Crippen molar-refractivity contribution in [3.05, 3.63) is 17.2 Å². The van der Waals surface area contributed by atoms with Gasteiger partial charge in [0.25, 0.3) is 0 Å². The van der Waals surface area contributed by atoms with Crippen LogP contribution < -0.4 is 0 Å². The van der Waals surface area contributed by atoms with Crippen LogP contribution in [0.15, 0.2) is 0 Å². The average Bonchev–Trinajstić information content (AvgIpc) is 2.48. The van der Waals surface area contributed by atoms with Gasteiger partial charge in [-0.25, -0.2) is 4.98 Å². The highest BCUT2D eigenvalue weighted by molar-refractivity contribution is 5.18. The van der Waals surface area contributed by atoms with E-state index in [2.05, 4.69) is 37.7 Å². The minimum Gasteiger partial charge on any atom is -0.396 e. The van der Waals surface area contributed by atoms with Crippen molar-refractivity contribution in [3.8, 4) is 0 Å². The van der Waals surface area contributed by atoms with E-state index in [9.17, 15) is 5.11 Å². The summed E-state index contributed by atoms with van der Waals surface area (Å²) in [5.74, 6) is 1.88. The predicted octanol–water partition coefficient (Wildman–Crippen LogP) is 2.57. The molecule has 0 aromatic carbocycles. The summed E-state index contributed by atoms with van der Waals surface area (Å²) in [5.41, 5.74) is 2.24. The van der Waals surface area contributed by atoms with Crippen LogP contribution in [0.5, 0.6) is 0 Å². The molecule has 0 saturated carbocycles. The first-order chi connectivity index (χ1) is 6.97. The van der Waals surface area contributed by atoms with Crippen LogP contribution in [0.2, 0.25) is 0 Å². The number of aryl methyl sites for hydroxylation is 1. The minimum atomic E-state index is 0.121. The molecule has 0 aliphatic rings. The topological polar surface area (TPSA) is 48.9 Å². The van der Waals surface area contributed by atoms with Crippen molar-refractivity contribution in [2.45, 2.75) is 46.5 Å². The summed E-state index contributed by atoms with van der Waals surface area (Å²) >= 11 is 0. The summed E-state index contributed by atoms with van der Waals surface area (Å²) in [6, 6.07) is 0. The molecule has 0 spiro atoms. The standard InChI is InChI=1S/C12H22N2O/c1-7(2)10(6-15)12-13-9(5)11(14-12)8(3)4/h7-8,10,15H,6H2,1-5H3,(H,13,14). The molecule has 0 radical (unpaired) electrons. The van der Waals surface area contributed by atoms with E-state index in [4.69, 9.17) is 0 Å². The Bertz CT molecular complexity index is 315. The number of nitrogens with one attached hydrogen (secondary N) is 1. The number of aliphatic hydroxyl groups excluding tert-OH is 1. The molecule has 0 aliphatic heterocycles. The van der Waals surface area contributed by atoms with Crippen LogP contribution >= 0.6 is 0 Å². The lowest BCUT2D eigenvalue weighted by atomic mass is 9.96. The molecular weight excluding hydrogens is 188 g/mol. The maximum Gasteiger partial charge on any atom is 0.112 e. The van der Waals surface area contributed by atoms with Crippen molar-refractivity contribution in [1.82, 2.24) is 9.97 Å². The van der Waals surface area contributed by atoms with Gasteiger partial charge in [0.05, 0.1) is 12.3 Å². The summed E-state index contributed by atoms with van der Waals surface area (Å²) in [5, 5.41) is 9.33. The molecule has 2 N–H and O–H groups in total. The van der Waals surface area contributed by atoms with Crippen molar-refractivity contribution in [3.63, 3.8) is 0 Å². The smallest absolute Gasteiger partial charge is 0.112 e. The molecule has 1 aromatic heterocycles. The van der Waals surface area contributed by atoms with Gasteiger partial charge in [0, 0.05) is 11.6 Å². The van der Waals surface area contributed by atoms with E-state index in [1.54, 1.807) is 0 Å². The van der Waals surface area contributed by atoms with Gasteiger partial charge in [-0.1, -0.05) is 27.7 Å². The van der Waals surface area contributed by atoms with E-state index < -0.39 is 0 Å².